The first-order valence-electron chi connectivity index (χ1n) is 5.54. The molecule has 0 N–H and O–H groups in total. The molecule has 0 bridgehead atoms. The number of imidazole rings is 1. The number of nitrogens with zero attached hydrogens (tertiary/aromatic N) is 6. The lowest BCUT2D eigenvalue weighted by atomic mass is 10.3. The SMILES string of the molecule is Cn1cc(-c2noc(-c3csc4cncn34)n2)cn1. The van der Waals surface area contributed by atoms with Crippen molar-refractivity contribution in [1.29, 1.82) is 0 Å². The van der Waals surface area contributed by atoms with Gasteiger partial charge in [0.25, 0.3) is 5.89 Å². The van der Waals surface area contributed by atoms with Crippen molar-refractivity contribution in [3.8, 4) is 23.0 Å². The fraction of sp³-hybridized carbons (Fsp3) is 0.0909. The van der Waals surface area contributed by atoms with Crippen LogP contribution in [0, 0.1) is 0 Å². The summed E-state index contributed by atoms with van der Waals surface area (Å²) in [6, 6.07) is 0. The van der Waals surface area contributed by atoms with Crippen LogP contribution in [-0.4, -0.2) is 29.3 Å². The van der Waals surface area contributed by atoms with Crippen molar-refractivity contribution in [2.45, 2.75) is 0 Å². The molecule has 0 spiro atoms. The Morgan fingerprint density at radius 1 is 1.32 bits per heavy atom. The zero-order chi connectivity index (χ0) is 12.8. The number of rotatable bonds is 2. The predicted octanol–water partition coefficient (Wildman–Crippen LogP) is 1.85. The molecule has 4 aromatic heterocycles. The second-order valence-corrected chi connectivity index (χ2v) is 4.94. The van der Waals surface area contributed by atoms with Gasteiger partial charge in [0.05, 0.1) is 18.0 Å². The second kappa shape index (κ2) is 3.75. The monoisotopic (exact) mass is 272 g/mol. The van der Waals surface area contributed by atoms with E-state index >= 15 is 0 Å². The molecule has 4 heterocycles. The third-order valence-electron chi connectivity index (χ3n) is 2.76. The van der Waals surface area contributed by atoms with E-state index in [0.29, 0.717) is 11.7 Å². The Hall–Kier alpha value is -2.48. The Morgan fingerprint density at radius 2 is 2.26 bits per heavy atom. The van der Waals surface area contributed by atoms with E-state index in [-0.39, 0.29) is 0 Å². The van der Waals surface area contributed by atoms with Crippen LogP contribution in [0.5, 0.6) is 0 Å². The van der Waals surface area contributed by atoms with Crippen LogP contribution in [0.2, 0.25) is 0 Å². The van der Waals surface area contributed by atoms with Gasteiger partial charge in [0.2, 0.25) is 5.82 Å². The van der Waals surface area contributed by atoms with E-state index < -0.39 is 0 Å². The maximum atomic E-state index is 5.31. The Labute approximate surface area is 111 Å². The molecule has 0 fully saturated rings. The minimum Gasteiger partial charge on any atom is -0.332 e. The van der Waals surface area contributed by atoms with Crippen LogP contribution in [0.15, 0.2) is 34.8 Å². The van der Waals surface area contributed by atoms with E-state index in [1.165, 1.54) is 0 Å². The molecule has 0 saturated heterocycles. The number of fused-ring (bicyclic) bond motifs is 1. The normalized spacial score (nSPS) is 11.4. The van der Waals surface area contributed by atoms with Crippen LogP contribution in [-0.2, 0) is 7.05 Å². The third kappa shape index (κ3) is 1.57. The van der Waals surface area contributed by atoms with E-state index in [0.717, 1.165) is 16.1 Å². The highest BCUT2D eigenvalue weighted by atomic mass is 32.1. The van der Waals surface area contributed by atoms with Gasteiger partial charge in [-0.05, 0) is 0 Å². The van der Waals surface area contributed by atoms with Crippen molar-refractivity contribution in [3.63, 3.8) is 0 Å². The minimum absolute atomic E-state index is 0.475. The first kappa shape index (κ1) is 10.4. The highest BCUT2D eigenvalue weighted by Gasteiger charge is 2.15. The van der Waals surface area contributed by atoms with Gasteiger partial charge in [-0.2, -0.15) is 10.1 Å². The predicted molar refractivity (Wildman–Crippen MR) is 68.6 cm³/mol. The molecule has 0 unspecified atom stereocenters. The number of hydrogen-bond donors (Lipinski definition) is 0. The van der Waals surface area contributed by atoms with Crippen molar-refractivity contribution in [3.05, 3.63) is 30.3 Å². The Bertz CT molecular complexity index is 853. The molecule has 0 aromatic carbocycles. The van der Waals surface area contributed by atoms with Crippen LogP contribution in [0.4, 0.5) is 0 Å². The lowest BCUT2D eigenvalue weighted by molar-refractivity contribution is 0.430. The van der Waals surface area contributed by atoms with E-state index in [1.807, 2.05) is 23.0 Å². The molecular weight excluding hydrogens is 264 g/mol. The van der Waals surface area contributed by atoms with Gasteiger partial charge in [0, 0.05) is 18.6 Å². The molecule has 4 rings (SSSR count). The smallest absolute Gasteiger partial charge is 0.276 e. The van der Waals surface area contributed by atoms with Crippen molar-refractivity contribution in [2.75, 3.05) is 0 Å². The van der Waals surface area contributed by atoms with Gasteiger partial charge < -0.3 is 4.52 Å². The summed E-state index contributed by atoms with van der Waals surface area (Å²) in [4.78, 5) is 9.52. The standard InChI is InChI=1S/C11H8N6OS/c1-16-4-7(2-13-16)10-14-11(18-15-10)8-5-19-9-3-12-6-17(8)9/h2-6H,1H3. The van der Waals surface area contributed by atoms with Gasteiger partial charge in [-0.3, -0.25) is 9.08 Å². The molecule has 8 heteroatoms. The summed E-state index contributed by atoms with van der Waals surface area (Å²) in [6.07, 6.45) is 7.08. The molecule has 0 atom stereocenters. The number of thiazole rings is 1. The quantitative estimate of drug-likeness (QED) is 0.556. The zero-order valence-electron chi connectivity index (χ0n) is 9.89. The maximum Gasteiger partial charge on any atom is 0.276 e. The minimum atomic E-state index is 0.475. The van der Waals surface area contributed by atoms with Crippen LogP contribution < -0.4 is 0 Å². The summed E-state index contributed by atoms with van der Waals surface area (Å²) >= 11 is 1.58. The molecule has 0 aliphatic rings. The summed E-state index contributed by atoms with van der Waals surface area (Å²) in [7, 11) is 1.85. The van der Waals surface area contributed by atoms with Gasteiger partial charge in [0.15, 0.2) is 0 Å². The van der Waals surface area contributed by atoms with Crippen LogP contribution >= 0.6 is 11.3 Å². The Kier molecular flexibility index (Phi) is 2.06. The van der Waals surface area contributed by atoms with Crippen molar-refractivity contribution in [2.24, 2.45) is 7.05 Å². The molecule has 4 aromatic rings. The average Bonchev–Trinajstić information content (AvgIpc) is 3.11. The number of hydrogen-bond acceptors (Lipinski definition) is 6. The molecule has 19 heavy (non-hydrogen) atoms. The lowest BCUT2D eigenvalue weighted by Gasteiger charge is -1.89. The van der Waals surface area contributed by atoms with E-state index in [2.05, 4.69) is 20.2 Å². The van der Waals surface area contributed by atoms with Gasteiger partial charge in [0.1, 0.15) is 16.9 Å². The molecule has 0 aliphatic carbocycles. The largest absolute Gasteiger partial charge is 0.332 e. The summed E-state index contributed by atoms with van der Waals surface area (Å²) in [6.45, 7) is 0. The average molecular weight is 272 g/mol. The zero-order valence-corrected chi connectivity index (χ0v) is 10.7. The molecule has 0 radical (unpaired) electrons. The fourth-order valence-corrected chi connectivity index (χ4v) is 2.69. The molecule has 0 saturated carbocycles. The molecule has 94 valence electrons. The third-order valence-corrected chi connectivity index (χ3v) is 3.65. The highest BCUT2D eigenvalue weighted by molar-refractivity contribution is 7.15. The van der Waals surface area contributed by atoms with E-state index in [9.17, 15) is 0 Å². The highest BCUT2D eigenvalue weighted by Crippen LogP contribution is 2.26. The fourth-order valence-electron chi connectivity index (χ4n) is 1.86. The Balaban J connectivity index is 1.81. The van der Waals surface area contributed by atoms with Crippen molar-refractivity contribution < 1.29 is 4.52 Å². The van der Waals surface area contributed by atoms with Crippen molar-refractivity contribution >= 4 is 16.2 Å². The molecule has 7 nitrogen and oxygen atoms in total. The lowest BCUT2D eigenvalue weighted by Crippen LogP contribution is -1.85. The van der Waals surface area contributed by atoms with E-state index in [4.69, 9.17) is 4.52 Å². The number of aryl methyl sites for hydroxylation is 1. The Morgan fingerprint density at radius 3 is 3.11 bits per heavy atom. The molecule has 0 aliphatic heterocycles. The van der Waals surface area contributed by atoms with Gasteiger partial charge in [-0.1, -0.05) is 5.16 Å². The van der Waals surface area contributed by atoms with Crippen molar-refractivity contribution in [1.82, 2.24) is 29.3 Å². The second-order valence-electron chi connectivity index (χ2n) is 4.05. The molecule has 0 amide bonds. The number of aromatic nitrogens is 6. The summed E-state index contributed by atoms with van der Waals surface area (Å²) in [5.74, 6) is 1.01. The van der Waals surface area contributed by atoms with Gasteiger partial charge in [-0.15, -0.1) is 11.3 Å². The van der Waals surface area contributed by atoms with Gasteiger partial charge >= 0.3 is 0 Å². The summed E-state index contributed by atoms with van der Waals surface area (Å²) in [5.41, 5.74) is 1.68. The van der Waals surface area contributed by atoms with E-state index in [1.54, 1.807) is 34.7 Å². The topological polar surface area (TPSA) is 74.0 Å². The summed E-state index contributed by atoms with van der Waals surface area (Å²) in [5, 5.41) is 10.0. The summed E-state index contributed by atoms with van der Waals surface area (Å²) < 4.78 is 8.93. The van der Waals surface area contributed by atoms with Crippen LogP contribution in [0.3, 0.4) is 0 Å². The first-order chi connectivity index (χ1) is 9.31. The molecular formula is C11H8N6OS. The first-order valence-corrected chi connectivity index (χ1v) is 6.42. The maximum absolute atomic E-state index is 5.31. The van der Waals surface area contributed by atoms with Gasteiger partial charge in [-0.25, -0.2) is 4.98 Å². The van der Waals surface area contributed by atoms with Crippen LogP contribution in [0.1, 0.15) is 0 Å². The van der Waals surface area contributed by atoms with Crippen LogP contribution in [0.25, 0.3) is 27.8 Å².